The summed E-state index contributed by atoms with van der Waals surface area (Å²) in [6.45, 7) is 2.20. The second-order valence-electron chi connectivity index (χ2n) is 6.77. The zero-order chi connectivity index (χ0) is 18.5. The third-order valence-electron chi connectivity index (χ3n) is 4.97. The van der Waals surface area contributed by atoms with Crippen LogP contribution in [0.5, 0.6) is 0 Å². The minimum Gasteiger partial charge on any atom is -0.370 e. The van der Waals surface area contributed by atoms with Gasteiger partial charge in [0.1, 0.15) is 0 Å². The van der Waals surface area contributed by atoms with Crippen molar-refractivity contribution in [2.75, 3.05) is 31.6 Å². The molecule has 138 valence electrons. The van der Waals surface area contributed by atoms with Gasteiger partial charge in [0.25, 0.3) is 5.56 Å². The Hall–Kier alpha value is -2.70. The Kier molecular flexibility index (Phi) is 5.65. The van der Waals surface area contributed by atoms with Crippen molar-refractivity contribution in [1.82, 2.24) is 19.7 Å². The predicted octanol–water partition coefficient (Wildman–Crippen LogP) is 1.09. The summed E-state index contributed by atoms with van der Waals surface area (Å²) < 4.78 is 1.32. The minimum absolute atomic E-state index is 0.0412. The van der Waals surface area contributed by atoms with Gasteiger partial charge in [0, 0.05) is 64.0 Å². The van der Waals surface area contributed by atoms with Gasteiger partial charge in [0.2, 0.25) is 5.91 Å². The standard InChI is InChI=1S/C19H25N5O2/c1-22(10-8-16-5-3-4-9-20-16)19(26)15-6-11-24(12-7-15)17-13-18(25)23(2)21-14-17/h3-5,9,13-15H,6-8,10-12H2,1-2H3. The number of likely N-dealkylation sites (N-methyl/N-ethyl adjacent to an activating group) is 1. The van der Waals surface area contributed by atoms with E-state index in [4.69, 9.17) is 0 Å². The van der Waals surface area contributed by atoms with Crippen LogP contribution >= 0.6 is 0 Å². The van der Waals surface area contributed by atoms with Gasteiger partial charge in [-0.05, 0) is 25.0 Å². The van der Waals surface area contributed by atoms with Crippen LogP contribution in [0.25, 0.3) is 0 Å². The normalized spacial score (nSPS) is 15.1. The molecule has 3 rings (SSSR count). The first kappa shape index (κ1) is 18.1. The van der Waals surface area contributed by atoms with Gasteiger partial charge in [-0.3, -0.25) is 14.6 Å². The summed E-state index contributed by atoms with van der Waals surface area (Å²) in [7, 11) is 3.50. The van der Waals surface area contributed by atoms with Gasteiger partial charge < -0.3 is 9.80 Å². The number of aromatic nitrogens is 3. The lowest BCUT2D eigenvalue weighted by atomic mass is 9.95. The molecule has 2 aromatic heterocycles. The molecular formula is C19H25N5O2. The van der Waals surface area contributed by atoms with Gasteiger partial charge in [-0.2, -0.15) is 5.10 Å². The van der Waals surface area contributed by atoms with Gasteiger partial charge in [0.05, 0.1) is 11.9 Å². The van der Waals surface area contributed by atoms with Gasteiger partial charge in [-0.15, -0.1) is 0 Å². The molecule has 1 fully saturated rings. The molecule has 0 unspecified atom stereocenters. The van der Waals surface area contributed by atoms with Crippen molar-refractivity contribution in [2.45, 2.75) is 19.3 Å². The van der Waals surface area contributed by atoms with Crippen molar-refractivity contribution < 1.29 is 4.79 Å². The zero-order valence-corrected chi connectivity index (χ0v) is 15.3. The van der Waals surface area contributed by atoms with E-state index >= 15 is 0 Å². The van der Waals surface area contributed by atoms with Crippen molar-refractivity contribution >= 4 is 11.6 Å². The first-order chi connectivity index (χ1) is 12.5. The first-order valence-corrected chi connectivity index (χ1v) is 8.98. The number of rotatable bonds is 5. The van der Waals surface area contributed by atoms with Crippen molar-refractivity contribution in [3.63, 3.8) is 0 Å². The van der Waals surface area contributed by atoms with Gasteiger partial charge in [-0.1, -0.05) is 6.07 Å². The van der Waals surface area contributed by atoms with Crippen LogP contribution in [0, 0.1) is 5.92 Å². The minimum atomic E-state index is -0.116. The molecular weight excluding hydrogens is 330 g/mol. The van der Waals surface area contributed by atoms with Crippen molar-refractivity contribution in [2.24, 2.45) is 13.0 Å². The van der Waals surface area contributed by atoms with E-state index in [9.17, 15) is 9.59 Å². The highest BCUT2D eigenvalue weighted by molar-refractivity contribution is 5.79. The Morgan fingerprint density at radius 3 is 2.73 bits per heavy atom. The monoisotopic (exact) mass is 355 g/mol. The van der Waals surface area contributed by atoms with E-state index in [0.29, 0.717) is 6.54 Å². The number of carbonyl (C=O) groups excluding carboxylic acids is 1. The molecule has 3 heterocycles. The second-order valence-corrected chi connectivity index (χ2v) is 6.77. The van der Waals surface area contributed by atoms with E-state index in [1.165, 1.54) is 4.68 Å². The summed E-state index contributed by atoms with van der Waals surface area (Å²) in [5, 5.41) is 4.07. The highest BCUT2D eigenvalue weighted by Gasteiger charge is 2.27. The molecule has 0 radical (unpaired) electrons. The fraction of sp³-hybridized carbons (Fsp3) is 0.474. The van der Waals surface area contributed by atoms with E-state index in [2.05, 4.69) is 15.0 Å². The number of piperidine rings is 1. The molecule has 1 saturated heterocycles. The number of anilines is 1. The van der Waals surface area contributed by atoms with Crippen LogP contribution in [0.15, 0.2) is 41.5 Å². The number of carbonyl (C=O) groups is 1. The average Bonchev–Trinajstić information content (AvgIpc) is 2.68. The third kappa shape index (κ3) is 4.28. The van der Waals surface area contributed by atoms with E-state index in [1.807, 2.05) is 30.1 Å². The smallest absolute Gasteiger partial charge is 0.268 e. The number of aryl methyl sites for hydroxylation is 1. The lowest BCUT2D eigenvalue weighted by molar-refractivity contribution is -0.134. The van der Waals surface area contributed by atoms with Crippen LogP contribution in [0.1, 0.15) is 18.5 Å². The Morgan fingerprint density at radius 1 is 1.31 bits per heavy atom. The van der Waals surface area contributed by atoms with E-state index in [-0.39, 0.29) is 17.4 Å². The largest absolute Gasteiger partial charge is 0.370 e. The Labute approximate surface area is 153 Å². The van der Waals surface area contributed by atoms with Crippen molar-refractivity contribution in [3.8, 4) is 0 Å². The maximum Gasteiger partial charge on any atom is 0.268 e. The Bertz CT molecular complexity index is 797. The highest BCUT2D eigenvalue weighted by Crippen LogP contribution is 2.23. The average molecular weight is 355 g/mol. The summed E-state index contributed by atoms with van der Waals surface area (Å²) >= 11 is 0. The van der Waals surface area contributed by atoms with Crippen LogP contribution in [0.4, 0.5) is 5.69 Å². The molecule has 7 heteroatoms. The van der Waals surface area contributed by atoms with Gasteiger partial charge in [-0.25, -0.2) is 4.68 Å². The lowest BCUT2D eigenvalue weighted by Gasteiger charge is -2.34. The molecule has 2 aromatic rings. The Balaban J connectivity index is 1.51. The quantitative estimate of drug-likeness (QED) is 0.803. The first-order valence-electron chi connectivity index (χ1n) is 8.98. The molecule has 0 N–H and O–H groups in total. The molecule has 0 spiro atoms. The summed E-state index contributed by atoms with van der Waals surface area (Å²) in [4.78, 5) is 32.7. The van der Waals surface area contributed by atoms with Gasteiger partial charge in [0.15, 0.2) is 0 Å². The molecule has 1 aliphatic rings. The molecule has 26 heavy (non-hydrogen) atoms. The fourth-order valence-electron chi connectivity index (χ4n) is 3.27. The van der Waals surface area contributed by atoms with Crippen LogP contribution in [0.3, 0.4) is 0 Å². The maximum atomic E-state index is 12.7. The van der Waals surface area contributed by atoms with Crippen LogP contribution in [-0.2, 0) is 18.3 Å². The molecule has 1 amide bonds. The zero-order valence-electron chi connectivity index (χ0n) is 15.3. The second kappa shape index (κ2) is 8.12. The molecule has 0 atom stereocenters. The van der Waals surface area contributed by atoms with Crippen molar-refractivity contribution in [3.05, 3.63) is 52.7 Å². The summed E-state index contributed by atoms with van der Waals surface area (Å²) in [5.74, 6) is 0.238. The number of nitrogens with zero attached hydrogens (tertiary/aromatic N) is 5. The van der Waals surface area contributed by atoms with Crippen LogP contribution in [-0.4, -0.2) is 52.3 Å². The third-order valence-corrected chi connectivity index (χ3v) is 4.97. The number of pyridine rings is 1. The molecule has 0 bridgehead atoms. The molecule has 0 aliphatic carbocycles. The number of hydrogen-bond donors (Lipinski definition) is 0. The predicted molar refractivity (Wildman–Crippen MR) is 100.0 cm³/mol. The summed E-state index contributed by atoms with van der Waals surface area (Å²) in [6, 6.07) is 7.44. The van der Waals surface area contributed by atoms with E-state index in [1.54, 1.807) is 25.5 Å². The molecule has 0 saturated carbocycles. The lowest BCUT2D eigenvalue weighted by Crippen LogP contribution is -2.42. The molecule has 1 aliphatic heterocycles. The van der Waals surface area contributed by atoms with Crippen LogP contribution in [0.2, 0.25) is 0 Å². The molecule has 7 nitrogen and oxygen atoms in total. The maximum absolute atomic E-state index is 12.7. The summed E-state index contributed by atoms with van der Waals surface area (Å²) in [6.07, 6.45) is 5.84. The van der Waals surface area contributed by atoms with Gasteiger partial charge >= 0.3 is 0 Å². The SMILES string of the molecule is CN(CCc1ccccn1)C(=O)C1CCN(c2cnn(C)c(=O)c2)CC1. The summed E-state index contributed by atoms with van der Waals surface area (Å²) in [5.41, 5.74) is 1.72. The molecule has 0 aromatic carbocycles. The van der Waals surface area contributed by atoms with E-state index < -0.39 is 0 Å². The van der Waals surface area contributed by atoms with Crippen LogP contribution < -0.4 is 10.5 Å². The number of hydrogen-bond acceptors (Lipinski definition) is 5. The fourth-order valence-corrected chi connectivity index (χ4v) is 3.27. The number of amides is 1. The highest BCUT2D eigenvalue weighted by atomic mass is 16.2. The Morgan fingerprint density at radius 2 is 2.08 bits per heavy atom. The van der Waals surface area contributed by atoms with Crippen molar-refractivity contribution in [1.29, 1.82) is 0 Å². The topological polar surface area (TPSA) is 71.3 Å². The van der Waals surface area contributed by atoms with E-state index in [0.717, 1.165) is 43.7 Å².